The maximum Gasteiger partial charge on any atom is 0.416 e. The number of pyridine rings is 1. The molecule has 2 N–H and O–H groups in total. The van der Waals surface area contributed by atoms with Crippen LogP contribution in [0, 0.1) is 18.3 Å². The fourth-order valence-electron chi connectivity index (χ4n) is 4.45. The molecule has 0 fully saturated rings. The van der Waals surface area contributed by atoms with E-state index in [1.54, 1.807) is 24.3 Å². The number of nitrogens with one attached hydrogen (secondary N) is 1. The molecule has 0 unspecified atom stereocenters. The second kappa shape index (κ2) is 10.4. The fourth-order valence-corrected chi connectivity index (χ4v) is 5.65. The summed E-state index contributed by atoms with van der Waals surface area (Å²) in [6.45, 7) is 1.27. The molecule has 5 rings (SSSR count). The number of halogens is 4. The molecule has 41 heavy (non-hydrogen) atoms. The Morgan fingerprint density at radius 3 is 2.66 bits per heavy atom. The van der Waals surface area contributed by atoms with E-state index in [0.29, 0.717) is 26.9 Å². The monoisotopic (exact) mass is 600 g/mol. The van der Waals surface area contributed by atoms with E-state index in [4.69, 9.17) is 16.3 Å². The van der Waals surface area contributed by atoms with Crippen LogP contribution in [0.25, 0.3) is 32.2 Å². The Morgan fingerprint density at radius 1 is 1.22 bits per heavy atom. The number of alkyl halides is 3. The molecule has 0 atom stereocenters. The van der Waals surface area contributed by atoms with Crippen molar-refractivity contribution in [1.29, 1.82) is 5.26 Å². The van der Waals surface area contributed by atoms with Crippen molar-refractivity contribution in [3.05, 3.63) is 90.0 Å². The smallest absolute Gasteiger partial charge is 0.416 e. The molecule has 0 radical (unpaired) electrons. The van der Waals surface area contributed by atoms with Crippen LogP contribution in [0.4, 0.5) is 13.2 Å². The summed E-state index contributed by atoms with van der Waals surface area (Å²) >= 11 is 7.34. The number of aromatic nitrogens is 3. The van der Waals surface area contributed by atoms with Gasteiger partial charge in [0.25, 0.3) is 5.56 Å². The highest BCUT2D eigenvalue weighted by Crippen LogP contribution is 2.39. The van der Waals surface area contributed by atoms with Crippen LogP contribution in [0.3, 0.4) is 0 Å². The van der Waals surface area contributed by atoms with E-state index in [1.165, 1.54) is 22.9 Å². The van der Waals surface area contributed by atoms with Crippen LogP contribution in [-0.4, -0.2) is 32.2 Å². The van der Waals surface area contributed by atoms with Gasteiger partial charge in [-0.05, 0) is 37.3 Å². The summed E-state index contributed by atoms with van der Waals surface area (Å²) in [5.74, 6) is -0.814. The predicted molar refractivity (Wildman–Crippen MR) is 146 cm³/mol. The first-order valence-corrected chi connectivity index (χ1v) is 13.0. The Morgan fingerprint density at radius 2 is 1.98 bits per heavy atom. The van der Waals surface area contributed by atoms with Crippen LogP contribution in [0.1, 0.15) is 27.3 Å². The minimum atomic E-state index is -4.72. The van der Waals surface area contributed by atoms with Gasteiger partial charge in [0.05, 0.1) is 44.4 Å². The van der Waals surface area contributed by atoms with Gasteiger partial charge < -0.3 is 14.8 Å². The number of rotatable bonds is 6. The van der Waals surface area contributed by atoms with E-state index in [-0.39, 0.29) is 46.7 Å². The van der Waals surface area contributed by atoms with Crippen molar-refractivity contribution in [3.8, 4) is 22.9 Å². The lowest BCUT2D eigenvalue weighted by Crippen LogP contribution is -2.27. The molecule has 0 aliphatic heterocycles. The molecule has 3 heterocycles. The highest BCUT2D eigenvalue weighted by molar-refractivity contribution is 7.18. The number of carboxylic acid groups (broad SMARTS) is 1. The third-order valence-corrected chi connectivity index (χ3v) is 7.54. The summed E-state index contributed by atoms with van der Waals surface area (Å²) in [6, 6.07) is 8.95. The third kappa shape index (κ3) is 5.15. The Labute approximate surface area is 236 Å². The quantitative estimate of drug-likeness (QED) is 0.259. The summed E-state index contributed by atoms with van der Waals surface area (Å²) in [4.78, 5) is 43.9. The molecule has 14 heteroatoms. The first-order chi connectivity index (χ1) is 19.4. The molecule has 208 valence electrons. The van der Waals surface area contributed by atoms with Crippen LogP contribution in [0.15, 0.2) is 51.4 Å². The molecule has 0 aliphatic carbocycles. The zero-order valence-electron chi connectivity index (χ0n) is 20.8. The average molecular weight is 601 g/mol. The van der Waals surface area contributed by atoms with Gasteiger partial charge in [-0.15, -0.1) is 11.3 Å². The van der Waals surface area contributed by atoms with Crippen molar-refractivity contribution in [2.24, 2.45) is 0 Å². The first kappa shape index (κ1) is 27.9. The normalized spacial score (nSPS) is 11.6. The van der Waals surface area contributed by atoms with Crippen molar-refractivity contribution in [3.63, 3.8) is 0 Å². The van der Waals surface area contributed by atoms with E-state index in [9.17, 15) is 37.9 Å². The Kier molecular flexibility index (Phi) is 7.06. The third-order valence-electron chi connectivity index (χ3n) is 6.29. The minimum absolute atomic E-state index is 0.0637. The SMILES string of the molecule is Cc1nc2cc(C(F)(F)F)cc(C#N)c2c(=O)n1CCOc1ccc(Cl)cc1-c1cc(=O)[nH]c2c(C(=O)O)csc12. The van der Waals surface area contributed by atoms with Crippen LogP contribution in [0.2, 0.25) is 5.02 Å². The molecule has 0 bridgehead atoms. The van der Waals surface area contributed by atoms with E-state index >= 15 is 0 Å². The number of fused-ring (bicyclic) bond motifs is 2. The second-order valence-corrected chi connectivity index (χ2v) is 10.2. The van der Waals surface area contributed by atoms with Crippen LogP contribution in [-0.2, 0) is 12.7 Å². The van der Waals surface area contributed by atoms with E-state index < -0.39 is 34.4 Å². The van der Waals surface area contributed by atoms with Gasteiger partial charge in [0, 0.05) is 27.6 Å². The predicted octanol–water partition coefficient (Wildman–Crippen LogP) is 5.60. The summed E-state index contributed by atoms with van der Waals surface area (Å²) < 4.78 is 47.5. The van der Waals surface area contributed by atoms with Gasteiger partial charge in [0.1, 0.15) is 24.3 Å². The maximum atomic E-state index is 13.3. The largest absolute Gasteiger partial charge is 0.491 e. The van der Waals surface area contributed by atoms with Gasteiger partial charge in [0.2, 0.25) is 5.56 Å². The lowest BCUT2D eigenvalue weighted by molar-refractivity contribution is -0.137. The van der Waals surface area contributed by atoms with Crippen LogP contribution < -0.4 is 15.9 Å². The molecule has 0 aliphatic rings. The number of hydrogen-bond donors (Lipinski definition) is 2. The zero-order chi connectivity index (χ0) is 29.6. The molecule has 0 saturated heterocycles. The Balaban J connectivity index is 1.51. The van der Waals surface area contributed by atoms with Crippen molar-refractivity contribution in [2.75, 3.05) is 6.61 Å². The van der Waals surface area contributed by atoms with E-state index in [2.05, 4.69) is 9.97 Å². The van der Waals surface area contributed by atoms with Gasteiger partial charge in [-0.2, -0.15) is 18.4 Å². The van der Waals surface area contributed by atoms with Gasteiger partial charge in [-0.3, -0.25) is 14.2 Å². The number of benzene rings is 2. The first-order valence-electron chi connectivity index (χ1n) is 11.7. The summed E-state index contributed by atoms with van der Waals surface area (Å²) in [5.41, 5.74) is -2.13. The fraction of sp³-hybridized carbons (Fsp3) is 0.148. The molecular formula is C27H16ClF3N4O5S. The average Bonchev–Trinajstić information content (AvgIpc) is 3.33. The molecule has 9 nitrogen and oxygen atoms in total. The van der Waals surface area contributed by atoms with Crippen molar-refractivity contribution in [2.45, 2.75) is 19.6 Å². The van der Waals surface area contributed by atoms with E-state index in [1.807, 2.05) is 0 Å². The van der Waals surface area contributed by atoms with Crippen molar-refractivity contribution in [1.82, 2.24) is 14.5 Å². The molecule has 2 aromatic carbocycles. The number of aromatic amines is 1. The van der Waals surface area contributed by atoms with Crippen molar-refractivity contribution >= 4 is 50.0 Å². The molecular weight excluding hydrogens is 585 g/mol. The molecule has 0 spiro atoms. The van der Waals surface area contributed by atoms with Crippen molar-refractivity contribution < 1.29 is 27.8 Å². The number of ether oxygens (including phenoxy) is 1. The Hall–Kier alpha value is -4.67. The molecule has 5 aromatic rings. The summed E-state index contributed by atoms with van der Waals surface area (Å²) in [6.07, 6.45) is -4.72. The van der Waals surface area contributed by atoms with Gasteiger partial charge >= 0.3 is 12.1 Å². The van der Waals surface area contributed by atoms with Crippen LogP contribution >= 0.6 is 22.9 Å². The molecule has 0 amide bonds. The second-order valence-electron chi connectivity index (χ2n) is 8.84. The summed E-state index contributed by atoms with van der Waals surface area (Å²) in [7, 11) is 0. The lowest BCUT2D eigenvalue weighted by atomic mass is 10.0. The van der Waals surface area contributed by atoms with Gasteiger partial charge in [0.15, 0.2) is 0 Å². The number of hydrogen-bond acceptors (Lipinski definition) is 7. The number of aryl methyl sites for hydroxylation is 1. The Bertz CT molecular complexity index is 2040. The van der Waals surface area contributed by atoms with E-state index in [0.717, 1.165) is 17.4 Å². The van der Waals surface area contributed by atoms with Gasteiger partial charge in [-0.1, -0.05) is 11.6 Å². The number of thiophene rings is 1. The number of nitriles is 1. The number of nitrogens with zero attached hydrogens (tertiary/aromatic N) is 3. The van der Waals surface area contributed by atoms with Crippen LogP contribution in [0.5, 0.6) is 5.75 Å². The molecule has 0 saturated carbocycles. The highest BCUT2D eigenvalue weighted by Gasteiger charge is 2.32. The van der Waals surface area contributed by atoms with Gasteiger partial charge in [-0.25, -0.2) is 9.78 Å². The zero-order valence-corrected chi connectivity index (χ0v) is 22.4. The highest BCUT2D eigenvalue weighted by atomic mass is 35.5. The standard InChI is InChI=1S/C27H16ClF3N4O5S/c1-12-33-19-7-14(27(29,30)31)6-13(10-32)22(19)25(37)35(12)4-5-40-20-3-2-15(28)8-16(20)17-9-21(36)34-23-18(26(38)39)11-41-24(17)23/h2-3,6-9,11H,4-5H2,1H3,(H,34,36)(H,38,39). The number of carboxylic acids is 1. The number of aromatic carboxylic acids is 1. The summed E-state index contributed by atoms with van der Waals surface area (Å²) in [5, 5.41) is 20.4. The lowest BCUT2D eigenvalue weighted by Gasteiger charge is -2.16. The number of H-pyrrole nitrogens is 1. The maximum absolute atomic E-state index is 13.3. The molecule has 3 aromatic heterocycles. The topological polar surface area (TPSA) is 138 Å². The number of carbonyl (C=O) groups is 1. The minimum Gasteiger partial charge on any atom is -0.491 e.